The SMILES string of the molecule is CC(C)N1C=Cc2cnc(N)cc2C1N. The molecule has 1 atom stereocenters. The van der Waals surface area contributed by atoms with Gasteiger partial charge in [-0.2, -0.15) is 0 Å². The Morgan fingerprint density at radius 3 is 2.87 bits per heavy atom. The predicted octanol–water partition coefficient (Wildman–Crippen LogP) is 1.32. The quantitative estimate of drug-likeness (QED) is 0.724. The van der Waals surface area contributed by atoms with Crippen LogP contribution in [-0.4, -0.2) is 15.9 Å². The number of nitrogens with zero attached hydrogens (tertiary/aromatic N) is 2. The van der Waals surface area contributed by atoms with Gasteiger partial charge in [0.15, 0.2) is 0 Å². The van der Waals surface area contributed by atoms with Gasteiger partial charge in [0.2, 0.25) is 0 Å². The van der Waals surface area contributed by atoms with E-state index in [1.54, 1.807) is 6.20 Å². The van der Waals surface area contributed by atoms with Crippen molar-refractivity contribution in [3.63, 3.8) is 0 Å². The summed E-state index contributed by atoms with van der Waals surface area (Å²) in [6, 6.07) is 2.22. The summed E-state index contributed by atoms with van der Waals surface area (Å²) < 4.78 is 0. The number of aromatic nitrogens is 1. The lowest BCUT2D eigenvalue weighted by atomic mass is 10.0. The lowest BCUT2D eigenvalue weighted by molar-refractivity contribution is 0.232. The Kier molecular flexibility index (Phi) is 2.36. The average molecular weight is 204 g/mol. The second-order valence-electron chi connectivity index (χ2n) is 4.04. The number of nitrogen functional groups attached to an aromatic ring is 1. The van der Waals surface area contributed by atoms with Gasteiger partial charge >= 0.3 is 0 Å². The van der Waals surface area contributed by atoms with Gasteiger partial charge in [0.1, 0.15) is 12.0 Å². The van der Waals surface area contributed by atoms with Crippen molar-refractivity contribution in [1.82, 2.24) is 9.88 Å². The third kappa shape index (κ3) is 1.68. The molecule has 0 saturated heterocycles. The first-order valence-corrected chi connectivity index (χ1v) is 5.06. The van der Waals surface area contributed by atoms with Gasteiger partial charge in [-0.3, -0.25) is 0 Å². The molecule has 4 heteroatoms. The summed E-state index contributed by atoms with van der Waals surface area (Å²) in [4.78, 5) is 6.15. The smallest absolute Gasteiger partial charge is 0.123 e. The number of rotatable bonds is 1. The first-order chi connectivity index (χ1) is 7.09. The molecule has 80 valence electrons. The molecule has 0 radical (unpaired) electrons. The van der Waals surface area contributed by atoms with Crippen LogP contribution in [0.2, 0.25) is 0 Å². The van der Waals surface area contributed by atoms with Crippen LogP contribution in [0, 0.1) is 0 Å². The molecule has 0 fully saturated rings. The molecule has 1 aromatic rings. The van der Waals surface area contributed by atoms with E-state index < -0.39 is 0 Å². The maximum atomic E-state index is 6.15. The van der Waals surface area contributed by atoms with Gasteiger partial charge < -0.3 is 16.4 Å². The summed E-state index contributed by atoms with van der Waals surface area (Å²) >= 11 is 0. The van der Waals surface area contributed by atoms with Crippen molar-refractivity contribution in [3.05, 3.63) is 29.6 Å². The second-order valence-corrected chi connectivity index (χ2v) is 4.04. The molecule has 15 heavy (non-hydrogen) atoms. The van der Waals surface area contributed by atoms with Crippen LogP contribution in [0.15, 0.2) is 18.5 Å². The third-order valence-corrected chi connectivity index (χ3v) is 2.65. The molecule has 4 N–H and O–H groups in total. The Balaban J connectivity index is 2.43. The number of pyridine rings is 1. The zero-order valence-electron chi connectivity index (χ0n) is 9.01. The second kappa shape index (κ2) is 3.55. The van der Waals surface area contributed by atoms with Crippen LogP contribution in [0.3, 0.4) is 0 Å². The Morgan fingerprint density at radius 2 is 2.20 bits per heavy atom. The Hall–Kier alpha value is -1.55. The first kappa shape index (κ1) is 9.98. The van der Waals surface area contributed by atoms with E-state index in [1.807, 2.05) is 18.3 Å². The standard InChI is InChI=1S/C11H16N4/c1-7(2)15-4-3-8-6-14-10(12)5-9(8)11(15)13/h3-7,11H,13H2,1-2H3,(H2,12,14). The van der Waals surface area contributed by atoms with Crippen molar-refractivity contribution >= 4 is 11.9 Å². The molecule has 0 spiro atoms. The summed E-state index contributed by atoms with van der Waals surface area (Å²) in [5.41, 5.74) is 13.9. The van der Waals surface area contributed by atoms with Crippen molar-refractivity contribution in [1.29, 1.82) is 0 Å². The molecule has 0 amide bonds. The maximum Gasteiger partial charge on any atom is 0.123 e. The summed E-state index contributed by atoms with van der Waals surface area (Å²) in [5.74, 6) is 0.517. The molecule has 1 aliphatic rings. The molecule has 0 saturated carbocycles. The fourth-order valence-electron chi connectivity index (χ4n) is 1.81. The average Bonchev–Trinajstić information content (AvgIpc) is 2.19. The summed E-state index contributed by atoms with van der Waals surface area (Å²) in [6.07, 6.45) is 5.66. The van der Waals surface area contributed by atoms with E-state index >= 15 is 0 Å². The summed E-state index contributed by atoms with van der Waals surface area (Å²) in [5, 5.41) is 0. The number of anilines is 1. The van der Waals surface area contributed by atoms with Crippen LogP contribution in [0.25, 0.3) is 6.08 Å². The number of hydrogen-bond donors (Lipinski definition) is 2. The molecule has 1 aromatic heterocycles. The van der Waals surface area contributed by atoms with Crippen molar-refractivity contribution in [2.75, 3.05) is 5.73 Å². The minimum absolute atomic E-state index is 0.129. The highest BCUT2D eigenvalue weighted by atomic mass is 15.2. The van der Waals surface area contributed by atoms with E-state index in [9.17, 15) is 0 Å². The van der Waals surface area contributed by atoms with Crippen LogP contribution in [-0.2, 0) is 0 Å². The lowest BCUT2D eigenvalue weighted by Gasteiger charge is -2.35. The number of nitrogens with two attached hydrogens (primary N) is 2. The highest BCUT2D eigenvalue weighted by molar-refractivity contribution is 5.58. The minimum atomic E-state index is -0.129. The molecule has 2 rings (SSSR count). The Labute approximate surface area is 89.6 Å². The van der Waals surface area contributed by atoms with Crippen molar-refractivity contribution < 1.29 is 0 Å². The van der Waals surface area contributed by atoms with Crippen LogP contribution in [0.4, 0.5) is 5.82 Å². The van der Waals surface area contributed by atoms with Crippen molar-refractivity contribution in [3.8, 4) is 0 Å². The van der Waals surface area contributed by atoms with E-state index in [2.05, 4.69) is 23.7 Å². The van der Waals surface area contributed by atoms with Gasteiger partial charge in [0.05, 0.1) is 0 Å². The molecule has 4 nitrogen and oxygen atoms in total. The summed E-state index contributed by atoms with van der Waals surface area (Å²) in [7, 11) is 0. The van der Waals surface area contributed by atoms with Crippen LogP contribution in [0.5, 0.6) is 0 Å². The fraction of sp³-hybridized carbons (Fsp3) is 0.364. The highest BCUT2D eigenvalue weighted by Gasteiger charge is 2.21. The van der Waals surface area contributed by atoms with Gasteiger partial charge in [-0.15, -0.1) is 0 Å². The predicted molar refractivity (Wildman–Crippen MR) is 61.6 cm³/mol. The molecular weight excluding hydrogens is 188 g/mol. The number of fused-ring (bicyclic) bond motifs is 1. The van der Waals surface area contributed by atoms with E-state index in [0.717, 1.165) is 11.1 Å². The van der Waals surface area contributed by atoms with Gasteiger partial charge in [0, 0.05) is 29.6 Å². The Morgan fingerprint density at radius 1 is 1.47 bits per heavy atom. The highest BCUT2D eigenvalue weighted by Crippen LogP contribution is 2.28. The zero-order chi connectivity index (χ0) is 11.0. The van der Waals surface area contributed by atoms with E-state index in [1.165, 1.54) is 0 Å². The Bertz CT molecular complexity index is 398. The third-order valence-electron chi connectivity index (χ3n) is 2.65. The minimum Gasteiger partial charge on any atom is -0.384 e. The zero-order valence-corrected chi connectivity index (χ0v) is 9.01. The largest absolute Gasteiger partial charge is 0.384 e. The van der Waals surface area contributed by atoms with Gasteiger partial charge in [0.25, 0.3) is 0 Å². The first-order valence-electron chi connectivity index (χ1n) is 5.06. The molecule has 0 aliphatic carbocycles. The monoisotopic (exact) mass is 204 g/mol. The topological polar surface area (TPSA) is 68.2 Å². The molecule has 2 heterocycles. The van der Waals surface area contributed by atoms with Gasteiger partial charge in [-0.1, -0.05) is 0 Å². The van der Waals surface area contributed by atoms with Crippen LogP contribution >= 0.6 is 0 Å². The van der Waals surface area contributed by atoms with Gasteiger partial charge in [-0.25, -0.2) is 4.98 Å². The normalized spacial score (nSPS) is 19.5. The molecule has 1 unspecified atom stereocenters. The van der Waals surface area contributed by atoms with E-state index in [0.29, 0.717) is 11.9 Å². The number of hydrogen-bond acceptors (Lipinski definition) is 4. The summed E-state index contributed by atoms with van der Waals surface area (Å²) in [6.45, 7) is 4.22. The molecule has 0 aromatic carbocycles. The van der Waals surface area contributed by atoms with E-state index in [-0.39, 0.29) is 6.17 Å². The van der Waals surface area contributed by atoms with Crippen LogP contribution < -0.4 is 11.5 Å². The lowest BCUT2D eigenvalue weighted by Crippen LogP contribution is -2.37. The van der Waals surface area contributed by atoms with Crippen LogP contribution in [0.1, 0.15) is 31.1 Å². The maximum absolute atomic E-state index is 6.15. The van der Waals surface area contributed by atoms with E-state index in [4.69, 9.17) is 11.5 Å². The fourth-order valence-corrected chi connectivity index (χ4v) is 1.81. The molecular formula is C11H16N4. The van der Waals surface area contributed by atoms with Crippen molar-refractivity contribution in [2.45, 2.75) is 26.1 Å². The molecule has 0 bridgehead atoms. The van der Waals surface area contributed by atoms with Gasteiger partial charge in [-0.05, 0) is 26.0 Å². The van der Waals surface area contributed by atoms with Crippen molar-refractivity contribution in [2.24, 2.45) is 5.73 Å². The molecule has 1 aliphatic heterocycles.